The first-order valence-electron chi connectivity index (χ1n) is 6.62. The zero-order chi connectivity index (χ0) is 13.0. The van der Waals surface area contributed by atoms with E-state index >= 15 is 0 Å². The average molecular weight is 246 g/mol. The number of hydrogen-bond acceptors (Lipinski definition) is 3. The van der Waals surface area contributed by atoms with Crippen molar-refractivity contribution in [3.63, 3.8) is 0 Å². The first-order chi connectivity index (χ1) is 8.63. The Kier molecular flexibility index (Phi) is 4.37. The van der Waals surface area contributed by atoms with Crippen LogP contribution in [0.5, 0.6) is 5.75 Å². The molecule has 98 valence electrons. The van der Waals surface area contributed by atoms with Crippen molar-refractivity contribution in [3.05, 3.63) is 30.1 Å². The quantitative estimate of drug-likeness (QED) is 0.817. The lowest BCUT2D eigenvalue weighted by molar-refractivity contribution is 0.241. The predicted molar refractivity (Wildman–Crippen MR) is 74.6 cm³/mol. The molecule has 0 aliphatic carbocycles. The van der Waals surface area contributed by atoms with Gasteiger partial charge in [-0.2, -0.15) is 0 Å². The van der Waals surface area contributed by atoms with Crippen LogP contribution in [0.2, 0.25) is 0 Å². The van der Waals surface area contributed by atoms with Crippen LogP contribution in [0.3, 0.4) is 0 Å². The van der Waals surface area contributed by atoms with E-state index in [1.54, 1.807) is 6.20 Å². The van der Waals surface area contributed by atoms with Gasteiger partial charge in [0, 0.05) is 12.7 Å². The van der Waals surface area contributed by atoms with Crippen molar-refractivity contribution in [2.75, 3.05) is 20.1 Å². The fourth-order valence-electron chi connectivity index (χ4n) is 2.24. The molecule has 0 N–H and O–H groups in total. The molecular weight excluding hydrogens is 224 g/mol. The van der Waals surface area contributed by atoms with E-state index < -0.39 is 0 Å². The molecule has 1 fully saturated rings. The molecule has 1 aromatic heterocycles. The van der Waals surface area contributed by atoms with Crippen LogP contribution in [0.4, 0.5) is 0 Å². The van der Waals surface area contributed by atoms with E-state index in [2.05, 4.69) is 29.1 Å². The van der Waals surface area contributed by atoms with E-state index in [0.29, 0.717) is 5.92 Å². The lowest BCUT2D eigenvalue weighted by Gasteiger charge is -2.09. The van der Waals surface area contributed by atoms with Gasteiger partial charge in [0.05, 0.1) is 12.3 Å². The maximum atomic E-state index is 5.64. The van der Waals surface area contributed by atoms with Crippen LogP contribution in [-0.2, 0) is 0 Å². The van der Waals surface area contributed by atoms with Crippen molar-refractivity contribution in [1.82, 2.24) is 9.88 Å². The van der Waals surface area contributed by atoms with E-state index in [9.17, 15) is 0 Å². The average Bonchev–Trinajstić information content (AvgIpc) is 2.72. The zero-order valence-electron chi connectivity index (χ0n) is 11.5. The second kappa shape index (κ2) is 6.01. The maximum absolute atomic E-state index is 5.64. The van der Waals surface area contributed by atoms with Gasteiger partial charge >= 0.3 is 0 Å². The largest absolute Gasteiger partial charge is 0.489 e. The number of nitrogens with zero attached hydrogens (tertiary/aromatic N) is 2. The van der Waals surface area contributed by atoms with Crippen LogP contribution in [-0.4, -0.2) is 36.1 Å². The molecule has 1 saturated heterocycles. The third-order valence-corrected chi connectivity index (χ3v) is 3.09. The summed E-state index contributed by atoms with van der Waals surface area (Å²) in [6, 6.07) is 2.04. The third kappa shape index (κ3) is 3.84. The van der Waals surface area contributed by atoms with Gasteiger partial charge in [0.1, 0.15) is 5.75 Å². The predicted octanol–water partition coefficient (Wildman–Crippen LogP) is 2.83. The first-order valence-corrected chi connectivity index (χ1v) is 6.62. The van der Waals surface area contributed by atoms with Crippen molar-refractivity contribution in [3.8, 4) is 5.75 Å². The van der Waals surface area contributed by atoms with E-state index in [-0.39, 0.29) is 6.10 Å². The van der Waals surface area contributed by atoms with Crippen LogP contribution in [0, 0.1) is 5.92 Å². The Morgan fingerprint density at radius 1 is 1.44 bits per heavy atom. The molecule has 0 saturated carbocycles. The fourth-order valence-corrected chi connectivity index (χ4v) is 2.24. The Morgan fingerprint density at radius 3 is 2.94 bits per heavy atom. The van der Waals surface area contributed by atoms with Gasteiger partial charge in [0.25, 0.3) is 0 Å². The second-order valence-electron chi connectivity index (χ2n) is 5.29. The minimum Gasteiger partial charge on any atom is -0.489 e. The lowest BCUT2D eigenvalue weighted by Crippen LogP contribution is -2.13. The van der Waals surface area contributed by atoms with Crippen LogP contribution >= 0.6 is 0 Å². The first kappa shape index (κ1) is 13.1. The van der Waals surface area contributed by atoms with Gasteiger partial charge in [-0.05, 0) is 51.4 Å². The van der Waals surface area contributed by atoms with Gasteiger partial charge < -0.3 is 9.64 Å². The topological polar surface area (TPSA) is 25.4 Å². The van der Waals surface area contributed by atoms with Crippen LogP contribution in [0.1, 0.15) is 25.8 Å². The van der Waals surface area contributed by atoms with Crippen LogP contribution in [0.25, 0.3) is 6.08 Å². The summed E-state index contributed by atoms with van der Waals surface area (Å²) in [5.41, 5.74) is 1.11. The van der Waals surface area contributed by atoms with Crippen molar-refractivity contribution in [2.24, 2.45) is 5.92 Å². The summed E-state index contributed by atoms with van der Waals surface area (Å²) in [4.78, 5) is 6.58. The highest BCUT2D eigenvalue weighted by molar-refractivity contribution is 5.50. The maximum Gasteiger partial charge on any atom is 0.138 e. The van der Waals surface area contributed by atoms with E-state index in [4.69, 9.17) is 4.74 Å². The molecule has 2 rings (SSSR count). The molecule has 0 aromatic carbocycles. The van der Waals surface area contributed by atoms with Crippen molar-refractivity contribution in [2.45, 2.75) is 26.4 Å². The van der Waals surface area contributed by atoms with Crippen molar-refractivity contribution >= 4 is 6.08 Å². The summed E-state index contributed by atoms with van der Waals surface area (Å²) in [5, 5.41) is 0. The second-order valence-corrected chi connectivity index (χ2v) is 5.29. The summed E-state index contributed by atoms with van der Waals surface area (Å²) < 4.78 is 5.64. The highest BCUT2D eigenvalue weighted by Crippen LogP contribution is 2.18. The van der Waals surface area contributed by atoms with Gasteiger partial charge in [-0.15, -0.1) is 0 Å². The van der Waals surface area contributed by atoms with Gasteiger partial charge in [0.2, 0.25) is 0 Å². The Bertz CT molecular complexity index is 415. The Labute approximate surface area is 109 Å². The monoisotopic (exact) mass is 246 g/mol. The lowest BCUT2D eigenvalue weighted by atomic mass is 10.1. The molecule has 0 spiro atoms. The molecule has 18 heavy (non-hydrogen) atoms. The highest BCUT2D eigenvalue weighted by Gasteiger charge is 2.16. The Morgan fingerprint density at radius 2 is 2.28 bits per heavy atom. The van der Waals surface area contributed by atoms with E-state index in [1.807, 2.05) is 26.1 Å². The van der Waals surface area contributed by atoms with Gasteiger partial charge in [-0.25, -0.2) is 0 Å². The van der Waals surface area contributed by atoms with Crippen molar-refractivity contribution < 1.29 is 4.74 Å². The highest BCUT2D eigenvalue weighted by atomic mass is 16.5. The molecule has 1 aromatic rings. The van der Waals surface area contributed by atoms with Gasteiger partial charge in [-0.3, -0.25) is 4.98 Å². The molecule has 1 aliphatic rings. The molecule has 3 nitrogen and oxygen atoms in total. The summed E-state index contributed by atoms with van der Waals surface area (Å²) in [5.74, 6) is 1.51. The van der Waals surface area contributed by atoms with E-state index in [1.165, 1.54) is 13.0 Å². The minimum atomic E-state index is 0.189. The summed E-state index contributed by atoms with van der Waals surface area (Å²) in [6.07, 6.45) is 9.53. The fraction of sp³-hybridized carbons (Fsp3) is 0.533. The summed E-state index contributed by atoms with van der Waals surface area (Å²) >= 11 is 0. The Hall–Kier alpha value is -1.35. The number of aromatic nitrogens is 1. The normalized spacial score (nSPS) is 21.0. The summed E-state index contributed by atoms with van der Waals surface area (Å²) in [6.45, 7) is 6.41. The van der Waals surface area contributed by atoms with Gasteiger partial charge in [-0.1, -0.05) is 12.2 Å². The Balaban J connectivity index is 1.98. The molecule has 1 atom stereocenters. The van der Waals surface area contributed by atoms with Crippen LogP contribution in [0.15, 0.2) is 24.5 Å². The minimum absolute atomic E-state index is 0.189. The SMILES string of the molecule is CC(C)Oc1cncc(C=CC2CCN(C)C2)c1. The molecule has 1 unspecified atom stereocenters. The summed E-state index contributed by atoms with van der Waals surface area (Å²) in [7, 11) is 2.17. The number of pyridine rings is 1. The smallest absolute Gasteiger partial charge is 0.138 e. The van der Waals surface area contributed by atoms with E-state index in [0.717, 1.165) is 17.9 Å². The zero-order valence-corrected chi connectivity index (χ0v) is 11.5. The molecule has 2 heterocycles. The van der Waals surface area contributed by atoms with Crippen molar-refractivity contribution in [1.29, 1.82) is 0 Å². The number of likely N-dealkylation sites (tertiary alicyclic amines) is 1. The molecule has 3 heteroatoms. The number of ether oxygens (including phenoxy) is 1. The molecule has 0 radical (unpaired) electrons. The van der Waals surface area contributed by atoms with Crippen LogP contribution < -0.4 is 4.74 Å². The molecule has 0 amide bonds. The molecule has 0 bridgehead atoms. The van der Waals surface area contributed by atoms with Gasteiger partial charge in [0.15, 0.2) is 0 Å². The standard InChI is InChI=1S/C15H22N2O/c1-12(2)18-15-8-14(9-16-10-15)5-4-13-6-7-17(3)11-13/h4-5,8-10,12-13H,6-7,11H2,1-3H3. The molecule has 1 aliphatic heterocycles. The number of hydrogen-bond donors (Lipinski definition) is 0. The molecular formula is C15H22N2O. The third-order valence-electron chi connectivity index (χ3n) is 3.09. The number of rotatable bonds is 4.